The molecule has 4 unspecified atom stereocenters. The van der Waals surface area contributed by atoms with E-state index in [4.69, 9.17) is 5.73 Å². The van der Waals surface area contributed by atoms with Crippen LogP contribution in [-0.4, -0.2) is 63.8 Å². The van der Waals surface area contributed by atoms with Crippen molar-refractivity contribution in [1.82, 2.24) is 16.0 Å². The van der Waals surface area contributed by atoms with Gasteiger partial charge in [0.05, 0.1) is 6.04 Å². The van der Waals surface area contributed by atoms with Crippen LogP contribution in [0.5, 0.6) is 5.75 Å². The van der Waals surface area contributed by atoms with E-state index < -0.39 is 47.9 Å². The van der Waals surface area contributed by atoms with Gasteiger partial charge in [-0.05, 0) is 35.2 Å². The molecule has 0 bridgehead atoms. The number of amides is 3. The second-order valence-corrected chi connectivity index (χ2v) is 9.93. The summed E-state index contributed by atoms with van der Waals surface area (Å²) in [5, 5.41) is 26.9. The molecule has 10 nitrogen and oxygen atoms in total. The zero-order chi connectivity index (χ0) is 29.8. The molecule has 7 N–H and O–H groups in total. The molecule has 41 heavy (non-hydrogen) atoms. The number of thiol groups is 1. The van der Waals surface area contributed by atoms with Crippen molar-refractivity contribution in [2.75, 3.05) is 5.75 Å². The molecule has 3 amide bonds. The lowest BCUT2D eigenvalue weighted by molar-refractivity contribution is -0.142. The van der Waals surface area contributed by atoms with Crippen LogP contribution >= 0.6 is 12.6 Å². The van der Waals surface area contributed by atoms with Crippen molar-refractivity contribution < 1.29 is 29.4 Å². The van der Waals surface area contributed by atoms with Crippen molar-refractivity contribution in [1.29, 1.82) is 0 Å². The highest BCUT2D eigenvalue weighted by atomic mass is 32.1. The van der Waals surface area contributed by atoms with Crippen LogP contribution in [0.2, 0.25) is 0 Å². The summed E-state index contributed by atoms with van der Waals surface area (Å²) in [6.07, 6.45) is 0.350. The molecule has 3 aromatic rings. The maximum Gasteiger partial charge on any atom is 0.326 e. The van der Waals surface area contributed by atoms with E-state index in [-0.39, 0.29) is 30.8 Å². The number of phenols is 1. The molecule has 4 atom stereocenters. The first kappa shape index (κ1) is 31.2. The molecule has 0 spiro atoms. The van der Waals surface area contributed by atoms with Gasteiger partial charge in [-0.25, -0.2) is 4.79 Å². The van der Waals surface area contributed by atoms with E-state index in [0.29, 0.717) is 0 Å². The van der Waals surface area contributed by atoms with Crippen molar-refractivity contribution in [3.05, 3.63) is 102 Å². The standard InChI is InChI=1S/C30H34N4O6S/c31-23(15-21-11-13-22(35)14-12-21)27(36)32-24(16-19-7-3-1-4-8-19)28(37)34-26(18-41)29(38)33-25(30(39)40)17-20-9-5-2-6-10-20/h1-14,23-26,35,41H,15-18,31H2,(H,32,36)(H,33,38)(H,34,37)(H,39,40). The predicted molar refractivity (Wildman–Crippen MR) is 157 cm³/mol. The third-order valence-electron chi connectivity index (χ3n) is 6.36. The van der Waals surface area contributed by atoms with E-state index in [1.54, 1.807) is 66.7 Å². The second kappa shape index (κ2) is 15.4. The largest absolute Gasteiger partial charge is 0.508 e. The van der Waals surface area contributed by atoms with Crippen LogP contribution in [0, 0.1) is 0 Å². The van der Waals surface area contributed by atoms with Gasteiger partial charge in [0.2, 0.25) is 17.7 Å². The number of hydrogen-bond donors (Lipinski definition) is 7. The SMILES string of the molecule is NC(Cc1ccc(O)cc1)C(=O)NC(Cc1ccccc1)C(=O)NC(CS)C(=O)NC(Cc1ccccc1)C(=O)O. The molecule has 0 radical (unpaired) electrons. The predicted octanol–water partition coefficient (Wildman–Crippen LogP) is 1.22. The smallest absolute Gasteiger partial charge is 0.326 e. The van der Waals surface area contributed by atoms with Gasteiger partial charge in [0.15, 0.2) is 0 Å². The fourth-order valence-electron chi connectivity index (χ4n) is 4.11. The Kier molecular flexibility index (Phi) is 11.7. The molecule has 0 aliphatic rings. The number of hydrogen-bond acceptors (Lipinski definition) is 7. The highest BCUT2D eigenvalue weighted by Crippen LogP contribution is 2.12. The Morgan fingerprint density at radius 2 is 1.07 bits per heavy atom. The normalized spacial score (nSPS) is 13.7. The van der Waals surface area contributed by atoms with E-state index in [0.717, 1.165) is 16.7 Å². The van der Waals surface area contributed by atoms with Crippen LogP contribution in [0.3, 0.4) is 0 Å². The molecule has 0 aliphatic carbocycles. The summed E-state index contributed by atoms with van der Waals surface area (Å²) in [6, 6.07) is 19.7. The van der Waals surface area contributed by atoms with Crippen LogP contribution in [-0.2, 0) is 38.4 Å². The van der Waals surface area contributed by atoms with Crippen molar-refractivity contribution >= 4 is 36.3 Å². The molecule has 0 aliphatic heterocycles. The summed E-state index contributed by atoms with van der Waals surface area (Å²) in [5.41, 5.74) is 8.33. The van der Waals surface area contributed by atoms with Gasteiger partial charge in [0, 0.05) is 18.6 Å². The summed E-state index contributed by atoms with van der Waals surface area (Å²) in [5.74, 6) is -3.18. The minimum atomic E-state index is -1.22. The lowest BCUT2D eigenvalue weighted by atomic mass is 10.0. The number of carbonyl (C=O) groups excluding carboxylic acids is 3. The molecule has 3 rings (SSSR count). The van der Waals surface area contributed by atoms with E-state index in [9.17, 15) is 29.4 Å². The van der Waals surface area contributed by atoms with Crippen LogP contribution in [0.4, 0.5) is 0 Å². The second-order valence-electron chi connectivity index (χ2n) is 9.56. The lowest BCUT2D eigenvalue weighted by Crippen LogP contribution is -2.58. The molecule has 0 fully saturated rings. The summed E-state index contributed by atoms with van der Waals surface area (Å²) >= 11 is 4.19. The van der Waals surface area contributed by atoms with Gasteiger partial charge in [-0.1, -0.05) is 72.8 Å². The number of aromatic hydroxyl groups is 1. The zero-order valence-electron chi connectivity index (χ0n) is 22.3. The number of rotatable bonds is 14. The average molecular weight is 579 g/mol. The Hall–Kier alpha value is -4.35. The molecule has 11 heteroatoms. The van der Waals surface area contributed by atoms with E-state index in [2.05, 4.69) is 28.6 Å². The number of benzene rings is 3. The lowest BCUT2D eigenvalue weighted by Gasteiger charge is -2.24. The molecule has 3 aromatic carbocycles. The summed E-state index contributed by atoms with van der Waals surface area (Å²) in [7, 11) is 0. The highest BCUT2D eigenvalue weighted by Gasteiger charge is 2.30. The van der Waals surface area contributed by atoms with Crippen LogP contribution in [0.25, 0.3) is 0 Å². The number of nitrogens with one attached hydrogen (secondary N) is 3. The molecular weight excluding hydrogens is 544 g/mol. The fourth-order valence-corrected chi connectivity index (χ4v) is 4.36. The number of carboxylic acid groups (broad SMARTS) is 1. The van der Waals surface area contributed by atoms with Gasteiger partial charge in [-0.3, -0.25) is 14.4 Å². The third-order valence-corrected chi connectivity index (χ3v) is 6.72. The summed E-state index contributed by atoms with van der Waals surface area (Å²) in [4.78, 5) is 51.2. The summed E-state index contributed by atoms with van der Waals surface area (Å²) < 4.78 is 0. The number of aliphatic carboxylic acids is 1. The van der Waals surface area contributed by atoms with Crippen molar-refractivity contribution in [2.24, 2.45) is 5.73 Å². The minimum Gasteiger partial charge on any atom is -0.508 e. The number of phenolic OH excluding ortho intramolecular Hbond substituents is 1. The number of nitrogens with two attached hydrogens (primary N) is 1. The topological polar surface area (TPSA) is 171 Å². The van der Waals surface area contributed by atoms with Gasteiger partial charge < -0.3 is 31.9 Å². The van der Waals surface area contributed by atoms with Gasteiger partial charge >= 0.3 is 5.97 Å². The van der Waals surface area contributed by atoms with Crippen LogP contribution in [0.1, 0.15) is 16.7 Å². The van der Waals surface area contributed by atoms with E-state index >= 15 is 0 Å². The Labute approximate surface area is 243 Å². The zero-order valence-corrected chi connectivity index (χ0v) is 23.2. The molecule has 216 valence electrons. The Morgan fingerprint density at radius 3 is 1.59 bits per heavy atom. The Bertz CT molecular complexity index is 1310. The van der Waals surface area contributed by atoms with E-state index in [1.807, 2.05) is 6.07 Å². The summed E-state index contributed by atoms with van der Waals surface area (Å²) in [6.45, 7) is 0. The molecule has 0 heterocycles. The van der Waals surface area contributed by atoms with Gasteiger partial charge in [0.1, 0.15) is 23.9 Å². The quantitative estimate of drug-likeness (QED) is 0.141. The van der Waals surface area contributed by atoms with Crippen molar-refractivity contribution in [3.8, 4) is 5.75 Å². The first-order chi connectivity index (χ1) is 19.7. The molecular formula is C30H34N4O6S. The maximum atomic E-state index is 13.4. The van der Waals surface area contributed by atoms with Crippen molar-refractivity contribution in [3.63, 3.8) is 0 Å². The van der Waals surface area contributed by atoms with E-state index in [1.165, 1.54) is 12.1 Å². The first-order valence-electron chi connectivity index (χ1n) is 13.0. The average Bonchev–Trinajstić information content (AvgIpc) is 2.97. The number of carbonyl (C=O) groups is 4. The van der Waals surface area contributed by atoms with Gasteiger partial charge in [0.25, 0.3) is 0 Å². The van der Waals surface area contributed by atoms with Gasteiger partial charge in [-0.2, -0.15) is 12.6 Å². The van der Waals surface area contributed by atoms with Gasteiger partial charge in [-0.15, -0.1) is 0 Å². The first-order valence-corrected chi connectivity index (χ1v) is 13.7. The third kappa shape index (κ3) is 9.96. The Morgan fingerprint density at radius 1 is 0.634 bits per heavy atom. The van der Waals surface area contributed by atoms with Crippen molar-refractivity contribution in [2.45, 2.75) is 43.4 Å². The van der Waals surface area contributed by atoms with Crippen LogP contribution < -0.4 is 21.7 Å². The number of carboxylic acids is 1. The maximum absolute atomic E-state index is 13.4. The highest BCUT2D eigenvalue weighted by molar-refractivity contribution is 7.80. The molecule has 0 saturated carbocycles. The monoisotopic (exact) mass is 578 g/mol. The molecule has 0 saturated heterocycles. The van der Waals surface area contributed by atoms with Crippen LogP contribution in [0.15, 0.2) is 84.9 Å². The molecule has 0 aromatic heterocycles. The fraction of sp³-hybridized carbons (Fsp3) is 0.267. The minimum absolute atomic E-state index is 0.0563. The Balaban J connectivity index is 1.69.